The van der Waals surface area contributed by atoms with Crippen molar-refractivity contribution in [3.05, 3.63) is 40.3 Å². The van der Waals surface area contributed by atoms with Crippen LogP contribution in [0.1, 0.15) is 41.6 Å². The molecule has 2 aromatic rings. The van der Waals surface area contributed by atoms with Crippen molar-refractivity contribution in [2.75, 3.05) is 13.2 Å². The van der Waals surface area contributed by atoms with Gasteiger partial charge in [-0.1, -0.05) is 0 Å². The zero-order chi connectivity index (χ0) is 19.6. The maximum Gasteiger partial charge on any atom is 0.166 e. The number of hydrogen-bond donors (Lipinski definition) is 2. The van der Waals surface area contributed by atoms with E-state index in [2.05, 4.69) is 9.98 Å². The van der Waals surface area contributed by atoms with Gasteiger partial charge in [0.1, 0.15) is 5.75 Å². The van der Waals surface area contributed by atoms with Gasteiger partial charge in [-0.25, -0.2) is 4.99 Å². The highest BCUT2D eigenvalue weighted by atomic mass is 32.1. The molecule has 0 saturated heterocycles. The summed E-state index contributed by atoms with van der Waals surface area (Å²) in [4.78, 5) is 22.3. The summed E-state index contributed by atoms with van der Waals surface area (Å²) >= 11 is 1.54. The van der Waals surface area contributed by atoms with E-state index in [1.54, 1.807) is 26.8 Å². The van der Waals surface area contributed by atoms with Crippen LogP contribution in [0.25, 0.3) is 10.4 Å². The van der Waals surface area contributed by atoms with Gasteiger partial charge in [-0.15, -0.1) is 11.3 Å². The van der Waals surface area contributed by atoms with Crippen LogP contribution >= 0.6 is 11.3 Å². The highest BCUT2D eigenvalue weighted by Crippen LogP contribution is 2.41. The summed E-state index contributed by atoms with van der Waals surface area (Å²) in [5, 5.41) is 9.96. The third-order valence-corrected chi connectivity index (χ3v) is 5.31. The third kappa shape index (κ3) is 4.43. The van der Waals surface area contributed by atoms with E-state index in [0.717, 1.165) is 33.1 Å². The number of carbonyl (C=O) groups excluding carboxylic acids is 1. The van der Waals surface area contributed by atoms with Crippen LogP contribution in [0.5, 0.6) is 5.75 Å². The Balaban J connectivity index is 2.08. The molecule has 1 aromatic heterocycles. The van der Waals surface area contributed by atoms with Crippen LogP contribution in [0.2, 0.25) is 0 Å². The standard InChI is InChI=1S/C20H23N3O3S/c1-12(24)13-4-5-16-15(8-13)18-14(6-7-26-16)9-17(27-18)19(23-11-21)22-10-20(2,3)25/h4-5,8-9,11,25H,6-7,10H2,1-3H3,(H2,21,22,23). The monoisotopic (exact) mass is 385 g/mol. The summed E-state index contributed by atoms with van der Waals surface area (Å²) < 4.78 is 5.85. The number of fused-ring (bicyclic) bond motifs is 3. The van der Waals surface area contributed by atoms with Crippen molar-refractivity contribution in [3.8, 4) is 16.2 Å². The number of aliphatic hydroxyl groups is 1. The Morgan fingerprint density at radius 2 is 2.19 bits per heavy atom. The lowest BCUT2D eigenvalue weighted by Crippen LogP contribution is -2.23. The van der Waals surface area contributed by atoms with Crippen molar-refractivity contribution in [2.24, 2.45) is 15.7 Å². The van der Waals surface area contributed by atoms with Crippen LogP contribution < -0.4 is 10.5 Å². The quantitative estimate of drug-likeness (QED) is 0.480. The Hall–Kier alpha value is -2.51. The van der Waals surface area contributed by atoms with Crippen molar-refractivity contribution in [1.82, 2.24) is 0 Å². The molecule has 0 fully saturated rings. The first kappa shape index (κ1) is 19.3. The van der Waals surface area contributed by atoms with Crippen LogP contribution in [0.15, 0.2) is 34.3 Å². The normalized spacial score (nSPS) is 14.4. The summed E-state index contributed by atoms with van der Waals surface area (Å²) in [5.74, 6) is 1.27. The number of amidine groups is 1. The minimum Gasteiger partial charge on any atom is -0.493 e. The van der Waals surface area contributed by atoms with E-state index in [0.29, 0.717) is 18.0 Å². The van der Waals surface area contributed by atoms with Gasteiger partial charge < -0.3 is 15.6 Å². The molecular weight excluding hydrogens is 362 g/mol. The molecule has 0 amide bonds. The van der Waals surface area contributed by atoms with Gasteiger partial charge in [0, 0.05) is 22.4 Å². The first-order chi connectivity index (χ1) is 12.8. The molecule has 0 unspecified atom stereocenters. The fourth-order valence-electron chi connectivity index (χ4n) is 2.80. The Kier molecular flexibility index (Phi) is 5.43. The average molecular weight is 385 g/mol. The second-order valence-electron chi connectivity index (χ2n) is 7.06. The third-order valence-electron chi connectivity index (χ3n) is 4.10. The van der Waals surface area contributed by atoms with E-state index in [-0.39, 0.29) is 12.3 Å². The van der Waals surface area contributed by atoms with Gasteiger partial charge >= 0.3 is 0 Å². The minimum absolute atomic E-state index is 0.0144. The fourth-order valence-corrected chi connectivity index (χ4v) is 3.99. The predicted octanol–water partition coefficient (Wildman–Crippen LogP) is 3.06. The largest absolute Gasteiger partial charge is 0.493 e. The molecule has 27 heavy (non-hydrogen) atoms. The summed E-state index contributed by atoms with van der Waals surface area (Å²) in [6.07, 6.45) is 1.96. The zero-order valence-electron chi connectivity index (χ0n) is 15.7. The molecule has 0 atom stereocenters. The fraction of sp³-hybridized carbons (Fsp3) is 0.350. The van der Waals surface area contributed by atoms with Crippen molar-refractivity contribution in [3.63, 3.8) is 0 Å². The number of thiophene rings is 1. The molecule has 7 heteroatoms. The number of ether oxygens (including phenoxy) is 1. The molecule has 3 N–H and O–H groups in total. The highest BCUT2D eigenvalue weighted by Gasteiger charge is 2.22. The van der Waals surface area contributed by atoms with Crippen LogP contribution in [0.3, 0.4) is 0 Å². The summed E-state index contributed by atoms with van der Waals surface area (Å²) in [6.45, 7) is 5.72. The van der Waals surface area contributed by atoms with Crippen molar-refractivity contribution < 1.29 is 14.6 Å². The van der Waals surface area contributed by atoms with Crippen LogP contribution in [-0.2, 0) is 6.42 Å². The summed E-state index contributed by atoms with van der Waals surface area (Å²) in [6, 6.07) is 7.55. The van der Waals surface area contributed by atoms with Gasteiger partial charge in [-0.05, 0) is 50.6 Å². The van der Waals surface area contributed by atoms with Gasteiger partial charge in [0.2, 0.25) is 0 Å². The Labute approximate surface area is 162 Å². The number of nitrogens with zero attached hydrogens (tertiary/aromatic N) is 2. The molecule has 0 spiro atoms. The van der Waals surface area contributed by atoms with E-state index in [1.165, 1.54) is 17.7 Å². The van der Waals surface area contributed by atoms with Crippen LogP contribution in [0, 0.1) is 0 Å². The summed E-state index contributed by atoms with van der Waals surface area (Å²) in [7, 11) is 0. The Morgan fingerprint density at radius 3 is 2.85 bits per heavy atom. The van der Waals surface area contributed by atoms with Gasteiger partial charge in [-0.3, -0.25) is 9.79 Å². The number of hydrogen-bond acceptors (Lipinski definition) is 5. The number of rotatable bonds is 4. The average Bonchev–Trinajstić information content (AvgIpc) is 2.94. The van der Waals surface area contributed by atoms with Crippen molar-refractivity contribution >= 4 is 29.3 Å². The molecule has 6 nitrogen and oxygen atoms in total. The summed E-state index contributed by atoms with van der Waals surface area (Å²) in [5.41, 5.74) is 7.24. The SMILES string of the molecule is CC(=O)c1ccc2c(c1)-c1sc(C(N=CN)=NCC(C)(C)O)cc1CCO2. The highest BCUT2D eigenvalue weighted by molar-refractivity contribution is 7.17. The molecule has 1 aromatic carbocycles. The second kappa shape index (κ2) is 7.62. The Bertz CT molecular complexity index is 923. The predicted molar refractivity (Wildman–Crippen MR) is 109 cm³/mol. The number of carbonyl (C=O) groups is 1. The van der Waals surface area contributed by atoms with E-state index >= 15 is 0 Å². The van der Waals surface area contributed by atoms with Crippen LogP contribution in [0.4, 0.5) is 0 Å². The van der Waals surface area contributed by atoms with Gasteiger partial charge in [0.25, 0.3) is 0 Å². The second-order valence-corrected chi connectivity index (χ2v) is 8.11. The lowest BCUT2D eigenvalue weighted by atomic mass is 10.0. The molecule has 1 aliphatic heterocycles. The lowest BCUT2D eigenvalue weighted by Gasteiger charge is -2.13. The number of nitrogens with two attached hydrogens (primary N) is 1. The first-order valence-corrected chi connectivity index (χ1v) is 9.52. The van der Waals surface area contributed by atoms with Crippen molar-refractivity contribution in [1.29, 1.82) is 0 Å². The van der Waals surface area contributed by atoms with E-state index in [9.17, 15) is 9.90 Å². The smallest absolute Gasteiger partial charge is 0.166 e. The Morgan fingerprint density at radius 1 is 1.41 bits per heavy atom. The van der Waals surface area contributed by atoms with Crippen LogP contribution in [-0.4, -0.2) is 41.8 Å². The maximum atomic E-state index is 11.8. The molecule has 2 heterocycles. The molecule has 3 rings (SSSR count). The minimum atomic E-state index is -0.930. The number of aliphatic imine (C=N–C) groups is 2. The van der Waals surface area contributed by atoms with Gasteiger partial charge in [0.05, 0.1) is 30.0 Å². The zero-order valence-corrected chi connectivity index (χ0v) is 16.5. The lowest BCUT2D eigenvalue weighted by molar-refractivity contribution is 0.0904. The number of Topliss-reactive ketones (excluding diaryl/α,β-unsaturated/α-hetero) is 1. The maximum absolute atomic E-state index is 11.8. The number of ketones is 1. The molecule has 0 aliphatic carbocycles. The molecule has 0 saturated carbocycles. The van der Waals surface area contributed by atoms with Gasteiger partial charge in [-0.2, -0.15) is 0 Å². The number of benzene rings is 1. The van der Waals surface area contributed by atoms with Gasteiger partial charge in [0.15, 0.2) is 11.6 Å². The molecular formula is C20H23N3O3S. The molecule has 0 radical (unpaired) electrons. The molecule has 0 bridgehead atoms. The van der Waals surface area contributed by atoms with E-state index < -0.39 is 5.60 Å². The molecule has 1 aliphatic rings. The van der Waals surface area contributed by atoms with E-state index in [1.807, 2.05) is 18.2 Å². The van der Waals surface area contributed by atoms with Crippen molar-refractivity contribution in [2.45, 2.75) is 32.8 Å². The molecule has 142 valence electrons. The first-order valence-electron chi connectivity index (χ1n) is 8.71. The topological polar surface area (TPSA) is 97.3 Å². The van der Waals surface area contributed by atoms with E-state index in [4.69, 9.17) is 10.5 Å².